The molecule has 0 aliphatic heterocycles. The number of imidazole rings is 1. The zero-order valence-corrected chi connectivity index (χ0v) is 13.9. The van der Waals surface area contributed by atoms with E-state index in [1.165, 1.54) is 0 Å². The van der Waals surface area contributed by atoms with Crippen molar-refractivity contribution in [1.82, 2.24) is 9.97 Å². The molecule has 3 aromatic carbocycles. The van der Waals surface area contributed by atoms with Crippen LogP contribution in [0.4, 0.5) is 5.69 Å². The summed E-state index contributed by atoms with van der Waals surface area (Å²) in [7, 11) is 0. The highest BCUT2D eigenvalue weighted by molar-refractivity contribution is 6.31. The molecule has 0 spiro atoms. The van der Waals surface area contributed by atoms with Crippen LogP contribution in [-0.4, -0.2) is 15.9 Å². The SMILES string of the molecule is O=C(Nc1cccc(Cl)c1)c1ccc(-c2nc3ccccc3[nH]2)cc1. The number of hydrogen-bond acceptors (Lipinski definition) is 2. The van der Waals surface area contributed by atoms with Gasteiger partial charge in [-0.3, -0.25) is 4.79 Å². The molecule has 0 fully saturated rings. The summed E-state index contributed by atoms with van der Waals surface area (Å²) >= 11 is 5.93. The summed E-state index contributed by atoms with van der Waals surface area (Å²) in [4.78, 5) is 20.2. The largest absolute Gasteiger partial charge is 0.338 e. The summed E-state index contributed by atoms with van der Waals surface area (Å²) in [5.41, 5.74) is 4.06. The number of amides is 1. The summed E-state index contributed by atoms with van der Waals surface area (Å²) in [5.74, 6) is 0.599. The first kappa shape index (κ1) is 15.4. The molecule has 0 aliphatic carbocycles. The molecule has 0 atom stereocenters. The van der Waals surface area contributed by atoms with Crippen LogP contribution in [0.1, 0.15) is 10.4 Å². The zero-order valence-electron chi connectivity index (χ0n) is 13.2. The van der Waals surface area contributed by atoms with Gasteiger partial charge in [0.05, 0.1) is 11.0 Å². The second kappa shape index (κ2) is 6.42. The molecule has 0 radical (unpaired) electrons. The smallest absolute Gasteiger partial charge is 0.255 e. The Bertz CT molecular complexity index is 1020. The number of nitrogens with one attached hydrogen (secondary N) is 2. The predicted octanol–water partition coefficient (Wildman–Crippen LogP) is 5.14. The van der Waals surface area contributed by atoms with Gasteiger partial charge in [-0.05, 0) is 42.5 Å². The van der Waals surface area contributed by atoms with E-state index < -0.39 is 0 Å². The molecule has 0 saturated carbocycles. The number of aromatic amines is 1. The number of halogens is 1. The van der Waals surface area contributed by atoms with Crippen LogP contribution in [0.2, 0.25) is 5.02 Å². The number of aromatic nitrogens is 2. The van der Waals surface area contributed by atoms with Gasteiger partial charge in [-0.2, -0.15) is 0 Å². The fraction of sp³-hybridized carbons (Fsp3) is 0. The van der Waals surface area contributed by atoms with Crippen molar-refractivity contribution in [1.29, 1.82) is 0 Å². The minimum atomic E-state index is -0.182. The molecule has 4 rings (SSSR count). The van der Waals surface area contributed by atoms with Crippen molar-refractivity contribution in [2.75, 3.05) is 5.32 Å². The highest BCUT2D eigenvalue weighted by Crippen LogP contribution is 2.21. The van der Waals surface area contributed by atoms with Crippen molar-refractivity contribution >= 4 is 34.2 Å². The van der Waals surface area contributed by atoms with E-state index in [9.17, 15) is 4.79 Å². The van der Waals surface area contributed by atoms with Gasteiger partial charge < -0.3 is 10.3 Å². The maximum atomic E-state index is 12.3. The van der Waals surface area contributed by atoms with E-state index in [1.807, 2.05) is 36.4 Å². The number of benzene rings is 3. The van der Waals surface area contributed by atoms with Crippen molar-refractivity contribution < 1.29 is 4.79 Å². The van der Waals surface area contributed by atoms with Gasteiger partial charge in [-0.15, -0.1) is 0 Å². The van der Waals surface area contributed by atoms with Gasteiger partial charge in [0, 0.05) is 21.8 Å². The molecule has 0 saturated heterocycles. The van der Waals surface area contributed by atoms with Crippen LogP contribution in [-0.2, 0) is 0 Å². The summed E-state index contributed by atoms with van der Waals surface area (Å²) < 4.78 is 0. The van der Waals surface area contributed by atoms with E-state index in [0.29, 0.717) is 16.3 Å². The lowest BCUT2D eigenvalue weighted by atomic mass is 10.1. The molecule has 4 aromatic rings. The number of hydrogen-bond donors (Lipinski definition) is 2. The van der Waals surface area contributed by atoms with Crippen molar-refractivity contribution in [2.45, 2.75) is 0 Å². The number of para-hydroxylation sites is 2. The van der Waals surface area contributed by atoms with Crippen LogP contribution in [0.25, 0.3) is 22.4 Å². The monoisotopic (exact) mass is 347 g/mol. The van der Waals surface area contributed by atoms with Crippen molar-refractivity contribution in [3.63, 3.8) is 0 Å². The lowest BCUT2D eigenvalue weighted by molar-refractivity contribution is 0.102. The summed E-state index contributed by atoms with van der Waals surface area (Å²) in [6, 6.07) is 22.3. The number of H-pyrrole nitrogens is 1. The normalized spacial score (nSPS) is 10.8. The quantitative estimate of drug-likeness (QED) is 0.539. The molecule has 122 valence electrons. The minimum absolute atomic E-state index is 0.182. The number of nitrogens with zero attached hydrogens (tertiary/aromatic N) is 1. The third-order valence-corrected chi connectivity index (χ3v) is 4.13. The molecule has 0 aliphatic rings. The Kier molecular flexibility index (Phi) is 3.96. The fourth-order valence-corrected chi connectivity index (χ4v) is 2.83. The average molecular weight is 348 g/mol. The van der Waals surface area contributed by atoms with Crippen LogP contribution < -0.4 is 5.32 Å². The number of carbonyl (C=O) groups excluding carboxylic acids is 1. The fourth-order valence-electron chi connectivity index (χ4n) is 2.64. The molecular weight excluding hydrogens is 334 g/mol. The molecular formula is C20H14ClN3O. The Morgan fingerprint density at radius 3 is 2.52 bits per heavy atom. The first-order valence-electron chi connectivity index (χ1n) is 7.81. The Morgan fingerprint density at radius 1 is 0.960 bits per heavy atom. The molecule has 1 amide bonds. The van der Waals surface area contributed by atoms with E-state index in [-0.39, 0.29) is 5.91 Å². The summed E-state index contributed by atoms with van der Waals surface area (Å²) in [5, 5.41) is 3.41. The van der Waals surface area contributed by atoms with Gasteiger partial charge in [0.25, 0.3) is 5.91 Å². The first-order chi connectivity index (χ1) is 12.2. The molecule has 1 aromatic heterocycles. The molecule has 0 unspecified atom stereocenters. The maximum Gasteiger partial charge on any atom is 0.255 e. The lowest BCUT2D eigenvalue weighted by Crippen LogP contribution is -2.11. The third kappa shape index (κ3) is 3.25. The Labute approximate surface area is 149 Å². The number of anilines is 1. The van der Waals surface area contributed by atoms with E-state index in [4.69, 9.17) is 11.6 Å². The van der Waals surface area contributed by atoms with Crippen LogP contribution in [0.3, 0.4) is 0 Å². The number of fused-ring (bicyclic) bond motifs is 1. The average Bonchev–Trinajstić information content (AvgIpc) is 3.06. The molecule has 0 bridgehead atoms. The van der Waals surface area contributed by atoms with Gasteiger partial charge in [0.15, 0.2) is 0 Å². The predicted molar refractivity (Wildman–Crippen MR) is 101 cm³/mol. The van der Waals surface area contributed by atoms with Crippen molar-refractivity contribution in [2.24, 2.45) is 0 Å². The summed E-state index contributed by atoms with van der Waals surface area (Å²) in [6.07, 6.45) is 0. The van der Waals surface area contributed by atoms with E-state index in [1.54, 1.807) is 36.4 Å². The van der Waals surface area contributed by atoms with Gasteiger partial charge in [0.2, 0.25) is 0 Å². The van der Waals surface area contributed by atoms with E-state index >= 15 is 0 Å². The van der Waals surface area contributed by atoms with Crippen LogP contribution in [0, 0.1) is 0 Å². The van der Waals surface area contributed by atoms with Gasteiger partial charge in [0.1, 0.15) is 5.82 Å². The lowest BCUT2D eigenvalue weighted by Gasteiger charge is -2.06. The number of rotatable bonds is 3. The van der Waals surface area contributed by atoms with Crippen LogP contribution >= 0.6 is 11.6 Å². The van der Waals surface area contributed by atoms with Crippen molar-refractivity contribution in [3.05, 3.63) is 83.4 Å². The van der Waals surface area contributed by atoms with Crippen molar-refractivity contribution in [3.8, 4) is 11.4 Å². The van der Waals surface area contributed by atoms with Crippen LogP contribution in [0.5, 0.6) is 0 Å². The number of carbonyl (C=O) groups is 1. The third-order valence-electron chi connectivity index (χ3n) is 3.89. The molecule has 2 N–H and O–H groups in total. The van der Waals surface area contributed by atoms with E-state index in [0.717, 1.165) is 22.4 Å². The minimum Gasteiger partial charge on any atom is -0.338 e. The standard InChI is InChI=1S/C20H14ClN3O/c21-15-4-3-5-16(12-15)22-20(25)14-10-8-13(9-11-14)19-23-17-6-1-2-7-18(17)24-19/h1-12H,(H,22,25)(H,23,24). The second-order valence-electron chi connectivity index (χ2n) is 5.64. The van der Waals surface area contributed by atoms with Crippen LogP contribution in [0.15, 0.2) is 72.8 Å². The Balaban J connectivity index is 1.56. The molecule has 4 nitrogen and oxygen atoms in total. The highest BCUT2D eigenvalue weighted by Gasteiger charge is 2.09. The molecule has 25 heavy (non-hydrogen) atoms. The van der Waals surface area contributed by atoms with E-state index in [2.05, 4.69) is 15.3 Å². The Hall–Kier alpha value is -3.11. The van der Waals surface area contributed by atoms with Gasteiger partial charge >= 0.3 is 0 Å². The van der Waals surface area contributed by atoms with Gasteiger partial charge in [-0.25, -0.2) is 4.98 Å². The topological polar surface area (TPSA) is 57.8 Å². The molecule has 5 heteroatoms. The molecule has 1 heterocycles. The summed E-state index contributed by atoms with van der Waals surface area (Å²) in [6.45, 7) is 0. The Morgan fingerprint density at radius 2 is 1.76 bits per heavy atom. The highest BCUT2D eigenvalue weighted by atomic mass is 35.5. The maximum absolute atomic E-state index is 12.3. The first-order valence-corrected chi connectivity index (χ1v) is 8.19. The van der Waals surface area contributed by atoms with Gasteiger partial charge in [-0.1, -0.05) is 41.9 Å². The second-order valence-corrected chi connectivity index (χ2v) is 6.08. The zero-order chi connectivity index (χ0) is 17.2.